The molecule has 1 aromatic heterocycles. The van der Waals surface area contributed by atoms with Crippen LogP contribution in [0.1, 0.15) is 10.4 Å². The molecule has 0 spiro atoms. The molecule has 0 aliphatic carbocycles. The average Bonchev–Trinajstić information content (AvgIpc) is 2.92. The zero-order chi connectivity index (χ0) is 15.2. The molecule has 0 N–H and O–H groups in total. The molecule has 110 valence electrons. The molecule has 0 atom stereocenters. The zero-order valence-corrected chi connectivity index (χ0v) is 13.0. The maximum Gasteiger partial charge on any atom is 0.338 e. The van der Waals surface area contributed by atoms with Crippen LogP contribution in [0.2, 0.25) is 5.02 Å². The molecule has 8 heteroatoms. The Hall–Kier alpha value is -1.57. The fourth-order valence-corrected chi connectivity index (χ4v) is 3.51. The third-order valence-electron chi connectivity index (χ3n) is 2.44. The zero-order valence-electron chi connectivity index (χ0n) is 10.7. The molecule has 0 aliphatic heterocycles. The Balaban J connectivity index is 1.79. The lowest BCUT2D eigenvalue weighted by Gasteiger charge is -2.04. The van der Waals surface area contributed by atoms with Crippen LogP contribution in [0.4, 0.5) is 5.69 Å². The van der Waals surface area contributed by atoms with Crippen LogP contribution in [0.15, 0.2) is 39.9 Å². The minimum absolute atomic E-state index is 0.0917. The molecule has 2 aromatic rings. The Morgan fingerprint density at radius 3 is 2.71 bits per heavy atom. The third kappa shape index (κ3) is 4.45. The van der Waals surface area contributed by atoms with Gasteiger partial charge in [0.05, 0.1) is 10.5 Å². The average molecular weight is 344 g/mol. The summed E-state index contributed by atoms with van der Waals surface area (Å²) in [6.45, 7) is 0.182. The Morgan fingerprint density at radius 2 is 2.05 bits per heavy atom. The summed E-state index contributed by atoms with van der Waals surface area (Å²) in [7, 11) is 0. The fraction of sp³-hybridized carbons (Fsp3) is 0.154. The number of carbonyl (C=O) groups excluding carboxylic acids is 1. The SMILES string of the molecule is O=C(OCCSc1sccc1[N+](=O)[O-])c1ccc(Cl)cc1. The van der Waals surface area contributed by atoms with Gasteiger partial charge in [0.2, 0.25) is 0 Å². The van der Waals surface area contributed by atoms with E-state index in [-0.39, 0.29) is 12.3 Å². The van der Waals surface area contributed by atoms with Gasteiger partial charge in [-0.05, 0) is 29.6 Å². The second kappa shape index (κ2) is 7.44. The molecule has 5 nitrogen and oxygen atoms in total. The maximum absolute atomic E-state index is 11.7. The van der Waals surface area contributed by atoms with Gasteiger partial charge in [0, 0.05) is 16.8 Å². The highest BCUT2D eigenvalue weighted by atomic mass is 35.5. The summed E-state index contributed by atoms with van der Waals surface area (Å²) in [5.41, 5.74) is 0.514. The third-order valence-corrected chi connectivity index (χ3v) is 4.87. The van der Waals surface area contributed by atoms with Crippen LogP contribution < -0.4 is 0 Å². The predicted octanol–water partition coefficient (Wildman–Crippen LogP) is 4.26. The minimum atomic E-state index is -0.437. The summed E-state index contributed by atoms with van der Waals surface area (Å²) in [5, 5.41) is 13.0. The Kier molecular flexibility index (Phi) is 5.60. The number of halogens is 1. The molecule has 0 radical (unpaired) electrons. The smallest absolute Gasteiger partial charge is 0.338 e. The van der Waals surface area contributed by atoms with Crippen molar-refractivity contribution in [2.24, 2.45) is 0 Å². The quantitative estimate of drug-likeness (QED) is 0.258. The van der Waals surface area contributed by atoms with Crippen LogP contribution in [0.5, 0.6) is 0 Å². The van der Waals surface area contributed by atoms with E-state index in [1.165, 1.54) is 29.2 Å². The first-order chi connectivity index (χ1) is 10.1. The summed E-state index contributed by atoms with van der Waals surface area (Å²) in [5.74, 6) is 0.0219. The molecule has 1 heterocycles. The Labute approximate surface area is 134 Å². The van der Waals surface area contributed by atoms with E-state index in [1.807, 2.05) is 0 Å². The van der Waals surface area contributed by atoms with Crippen molar-refractivity contribution in [1.82, 2.24) is 0 Å². The molecular weight excluding hydrogens is 334 g/mol. The second-order valence-corrected chi connectivity index (χ2v) is 6.56. The predicted molar refractivity (Wildman–Crippen MR) is 83.4 cm³/mol. The van der Waals surface area contributed by atoms with Crippen LogP contribution in [0, 0.1) is 10.1 Å². The number of hydrogen-bond acceptors (Lipinski definition) is 6. The van der Waals surface area contributed by atoms with E-state index in [9.17, 15) is 14.9 Å². The van der Waals surface area contributed by atoms with Crippen LogP contribution in [-0.2, 0) is 4.74 Å². The van der Waals surface area contributed by atoms with E-state index < -0.39 is 10.9 Å². The van der Waals surface area contributed by atoms with Gasteiger partial charge in [-0.1, -0.05) is 11.6 Å². The van der Waals surface area contributed by atoms with Gasteiger partial charge in [-0.25, -0.2) is 4.79 Å². The molecule has 0 amide bonds. The van der Waals surface area contributed by atoms with E-state index in [0.717, 1.165) is 0 Å². The minimum Gasteiger partial charge on any atom is -0.461 e. The lowest BCUT2D eigenvalue weighted by molar-refractivity contribution is -0.387. The van der Waals surface area contributed by atoms with Crippen molar-refractivity contribution in [1.29, 1.82) is 0 Å². The van der Waals surface area contributed by atoms with E-state index in [4.69, 9.17) is 16.3 Å². The van der Waals surface area contributed by atoms with Crippen LogP contribution in [0.3, 0.4) is 0 Å². The number of nitrogens with zero attached hydrogens (tertiary/aromatic N) is 1. The van der Waals surface area contributed by atoms with Crippen LogP contribution >= 0.6 is 34.7 Å². The maximum atomic E-state index is 11.7. The number of carbonyl (C=O) groups is 1. The second-order valence-electron chi connectivity index (χ2n) is 3.84. The first-order valence-electron chi connectivity index (χ1n) is 5.85. The number of esters is 1. The molecule has 2 rings (SSSR count). The number of hydrogen-bond donors (Lipinski definition) is 0. The fourth-order valence-electron chi connectivity index (χ4n) is 1.47. The van der Waals surface area contributed by atoms with Crippen molar-refractivity contribution in [3.05, 3.63) is 56.4 Å². The van der Waals surface area contributed by atoms with Crippen molar-refractivity contribution in [2.45, 2.75) is 4.21 Å². The topological polar surface area (TPSA) is 69.4 Å². The lowest BCUT2D eigenvalue weighted by Crippen LogP contribution is -2.07. The van der Waals surface area contributed by atoms with Gasteiger partial charge < -0.3 is 4.74 Å². The summed E-state index contributed by atoms with van der Waals surface area (Å²) in [6.07, 6.45) is 0. The highest BCUT2D eigenvalue weighted by Crippen LogP contribution is 2.34. The van der Waals surface area contributed by atoms with Gasteiger partial charge in [0.1, 0.15) is 10.8 Å². The normalized spacial score (nSPS) is 10.3. The van der Waals surface area contributed by atoms with E-state index in [1.54, 1.807) is 29.6 Å². The number of thioether (sulfide) groups is 1. The molecule has 0 saturated carbocycles. The van der Waals surface area contributed by atoms with Crippen molar-refractivity contribution >= 4 is 46.4 Å². The van der Waals surface area contributed by atoms with Gasteiger partial charge in [-0.15, -0.1) is 23.1 Å². The summed E-state index contributed by atoms with van der Waals surface area (Å²) in [4.78, 5) is 22.0. The summed E-state index contributed by atoms with van der Waals surface area (Å²) >= 11 is 8.33. The molecule has 0 fully saturated rings. The van der Waals surface area contributed by atoms with Crippen molar-refractivity contribution < 1.29 is 14.5 Å². The number of nitro groups is 1. The monoisotopic (exact) mass is 343 g/mol. The number of benzene rings is 1. The number of rotatable bonds is 6. The molecule has 0 aliphatic rings. The summed E-state index contributed by atoms with van der Waals surface area (Å²) < 4.78 is 5.71. The van der Waals surface area contributed by atoms with Crippen LogP contribution in [0.25, 0.3) is 0 Å². The molecule has 21 heavy (non-hydrogen) atoms. The van der Waals surface area contributed by atoms with Crippen molar-refractivity contribution in [2.75, 3.05) is 12.4 Å². The van der Waals surface area contributed by atoms with Crippen molar-refractivity contribution in [3.8, 4) is 0 Å². The van der Waals surface area contributed by atoms with Gasteiger partial charge in [-0.3, -0.25) is 10.1 Å². The molecule has 0 bridgehead atoms. The Bertz CT molecular complexity index is 642. The standard InChI is InChI=1S/C13H10ClNO4S2/c14-10-3-1-9(2-4-10)12(16)19-6-8-21-13-11(15(17)18)5-7-20-13/h1-5,7H,6,8H2. The van der Waals surface area contributed by atoms with Gasteiger partial charge in [0.15, 0.2) is 0 Å². The largest absolute Gasteiger partial charge is 0.461 e. The number of ether oxygens (including phenoxy) is 1. The molecular formula is C13H10ClNO4S2. The highest BCUT2D eigenvalue weighted by Gasteiger charge is 2.15. The highest BCUT2D eigenvalue weighted by molar-refractivity contribution is 8.01. The Morgan fingerprint density at radius 1 is 1.33 bits per heavy atom. The van der Waals surface area contributed by atoms with E-state index >= 15 is 0 Å². The number of thiophene rings is 1. The first kappa shape index (κ1) is 15.8. The van der Waals surface area contributed by atoms with Crippen molar-refractivity contribution in [3.63, 3.8) is 0 Å². The molecule has 0 saturated heterocycles. The first-order valence-corrected chi connectivity index (χ1v) is 8.09. The van der Waals surface area contributed by atoms with Crippen LogP contribution in [-0.4, -0.2) is 23.3 Å². The van der Waals surface area contributed by atoms with Gasteiger partial charge in [0.25, 0.3) is 5.69 Å². The summed E-state index contributed by atoms with van der Waals surface area (Å²) in [6, 6.07) is 7.86. The lowest BCUT2D eigenvalue weighted by atomic mass is 10.2. The molecule has 1 aromatic carbocycles. The van der Waals surface area contributed by atoms with Gasteiger partial charge >= 0.3 is 5.97 Å². The van der Waals surface area contributed by atoms with E-state index in [2.05, 4.69) is 0 Å². The van der Waals surface area contributed by atoms with E-state index in [0.29, 0.717) is 20.5 Å². The molecule has 0 unspecified atom stereocenters. The van der Waals surface area contributed by atoms with Gasteiger partial charge in [-0.2, -0.15) is 0 Å².